The predicted octanol–water partition coefficient (Wildman–Crippen LogP) is 1.74. The Hall–Kier alpha value is -2.35. The van der Waals surface area contributed by atoms with Crippen molar-refractivity contribution < 1.29 is 27.8 Å². The molecule has 1 aromatic heterocycles. The summed E-state index contributed by atoms with van der Waals surface area (Å²) in [5.74, 6) is -1.83. The maximum Gasteiger partial charge on any atom is 0.432 e. The van der Waals surface area contributed by atoms with Crippen LogP contribution in [0.3, 0.4) is 0 Å². The number of pyridine rings is 1. The van der Waals surface area contributed by atoms with E-state index in [4.69, 9.17) is 5.73 Å². The van der Waals surface area contributed by atoms with Gasteiger partial charge in [-0.3, -0.25) is 4.98 Å². The first-order valence-electron chi connectivity index (χ1n) is 5.74. The topological polar surface area (TPSA) is 85.4 Å². The van der Waals surface area contributed by atoms with Gasteiger partial charge in [0.1, 0.15) is 0 Å². The van der Waals surface area contributed by atoms with Gasteiger partial charge in [-0.1, -0.05) is 12.1 Å². The third kappa shape index (κ3) is 2.17. The molecular weight excluding hydrogens is 289 g/mol. The molecule has 1 heterocycles. The molecule has 5 nitrogen and oxygen atoms in total. The van der Waals surface area contributed by atoms with Crippen molar-refractivity contribution in [2.24, 2.45) is 0 Å². The Labute approximate surface area is 117 Å². The molecule has 0 aliphatic heterocycles. The first-order valence-corrected chi connectivity index (χ1v) is 5.74. The summed E-state index contributed by atoms with van der Waals surface area (Å²) < 4.78 is 43.9. The number of hydrogen-bond acceptors (Lipinski definition) is 5. The van der Waals surface area contributed by atoms with Crippen molar-refractivity contribution in [2.45, 2.75) is 11.8 Å². The molecule has 1 unspecified atom stereocenters. The van der Waals surface area contributed by atoms with Crippen LogP contribution in [0.1, 0.15) is 5.56 Å². The van der Waals surface area contributed by atoms with Crippen LogP contribution >= 0.6 is 0 Å². The molecular formula is C13H11F3N2O3. The summed E-state index contributed by atoms with van der Waals surface area (Å²) in [5, 5.41) is 9.93. The lowest BCUT2D eigenvalue weighted by Gasteiger charge is -2.29. The lowest BCUT2D eigenvalue weighted by Crippen LogP contribution is -2.50. The maximum atomic E-state index is 13.3. The summed E-state index contributed by atoms with van der Waals surface area (Å²) in [5.41, 5.74) is 1.35. The van der Waals surface area contributed by atoms with Gasteiger partial charge in [0.15, 0.2) is 0 Å². The lowest BCUT2D eigenvalue weighted by molar-refractivity contribution is -0.266. The number of benzene rings is 1. The van der Waals surface area contributed by atoms with Gasteiger partial charge < -0.3 is 15.6 Å². The van der Waals surface area contributed by atoms with E-state index in [-0.39, 0.29) is 16.6 Å². The normalized spacial score (nSPS) is 14.7. The monoisotopic (exact) mass is 300 g/mol. The van der Waals surface area contributed by atoms with Gasteiger partial charge in [-0.15, -0.1) is 0 Å². The highest BCUT2D eigenvalue weighted by molar-refractivity contribution is 5.96. The molecule has 21 heavy (non-hydrogen) atoms. The quantitative estimate of drug-likeness (QED) is 0.652. The number of aromatic nitrogens is 1. The van der Waals surface area contributed by atoms with Crippen molar-refractivity contribution in [3.8, 4) is 0 Å². The zero-order chi connectivity index (χ0) is 15.8. The number of methoxy groups -OCH3 is 1. The average molecular weight is 300 g/mol. The molecule has 2 aromatic rings. The molecule has 0 aliphatic carbocycles. The molecule has 3 N–H and O–H groups in total. The van der Waals surface area contributed by atoms with Gasteiger partial charge in [0, 0.05) is 17.1 Å². The SMILES string of the molecule is COC(=O)C(O)(c1ccc(N)c2ncccc12)C(F)(F)F. The standard InChI is InChI=1S/C13H11F3N2O3/c1-21-11(19)12(20,13(14,15)16)8-4-5-9(17)10-7(8)3-2-6-18-10/h2-6,20H,17H2,1H3. The molecule has 0 amide bonds. The molecule has 0 saturated carbocycles. The van der Waals surface area contributed by atoms with Crippen LogP contribution in [0.25, 0.3) is 10.9 Å². The number of alkyl halides is 3. The van der Waals surface area contributed by atoms with E-state index in [2.05, 4.69) is 9.72 Å². The number of nitrogens with zero attached hydrogens (tertiary/aromatic N) is 1. The highest BCUT2D eigenvalue weighted by Crippen LogP contribution is 2.43. The molecule has 1 atom stereocenters. The lowest BCUT2D eigenvalue weighted by atomic mass is 9.89. The number of ether oxygens (including phenoxy) is 1. The van der Waals surface area contributed by atoms with Crippen LogP contribution in [0.2, 0.25) is 0 Å². The summed E-state index contributed by atoms with van der Waals surface area (Å²) in [6.45, 7) is 0. The molecule has 112 valence electrons. The zero-order valence-corrected chi connectivity index (χ0v) is 10.8. The van der Waals surface area contributed by atoms with E-state index in [0.29, 0.717) is 0 Å². The van der Waals surface area contributed by atoms with Crippen LogP contribution < -0.4 is 5.73 Å². The third-order valence-electron chi connectivity index (χ3n) is 3.08. The summed E-state index contributed by atoms with van der Waals surface area (Å²) >= 11 is 0. The van der Waals surface area contributed by atoms with Crippen molar-refractivity contribution >= 4 is 22.6 Å². The molecule has 0 fully saturated rings. The molecule has 0 aliphatic rings. The Balaban J connectivity index is 2.85. The number of carbonyl (C=O) groups excluding carboxylic acids is 1. The van der Waals surface area contributed by atoms with Crippen LogP contribution in [0.4, 0.5) is 18.9 Å². The van der Waals surface area contributed by atoms with Crippen LogP contribution in [-0.2, 0) is 15.1 Å². The van der Waals surface area contributed by atoms with E-state index in [1.54, 1.807) is 0 Å². The minimum absolute atomic E-state index is 0.0570. The van der Waals surface area contributed by atoms with Gasteiger partial charge in [0.2, 0.25) is 0 Å². The predicted molar refractivity (Wildman–Crippen MR) is 68.1 cm³/mol. The Morgan fingerprint density at radius 1 is 1.33 bits per heavy atom. The molecule has 8 heteroatoms. The smallest absolute Gasteiger partial charge is 0.432 e. The summed E-state index contributed by atoms with van der Waals surface area (Å²) in [6.07, 6.45) is -3.92. The minimum atomic E-state index is -5.26. The second-order valence-electron chi connectivity index (χ2n) is 4.30. The van der Waals surface area contributed by atoms with Crippen LogP contribution in [0, 0.1) is 0 Å². The van der Waals surface area contributed by atoms with Crippen molar-refractivity contribution in [3.05, 3.63) is 36.0 Å². The van der Waals surface area contributed by atoms with Gasteiger partial charge in [0.05, 0.1) is 18.3 Å². The Kier molecular flexibility index (Phi) is 3.50. The summed E-state index contributed by atoms with van der Waals surface area (Å²) in [7, 11) is 0.761. The molecule has 1 aromatic carbocycles. The second kappa shape index (κ2) is 4.88. The van der Waals surface area contributed by atoms with E-state index in [9.17, 15) is 23.1 Å². The number of rotatable bonds is 2. The third-order valence-corrected chi connectivity index (χ3v) is 3.08. The van der Waals surface area contributed by atoms with E-state index in [1.807, 2.05) is 0 Å². The van der Waals surface area contributed by atoms with Gasteiger partial charge in [-0.2, -0.15) is 13.2 Å². The molecule has 0 spiro atoms. The van der Waals surface area contributed by atoms with Gasteiger partial charge in [0.25, 0.3) is 5.60 Å². The number of fused-ring (bicyclic) bond motifs is 1. The Bertz CT molecular complexity index is 703. The fraction of sp³-hybridized carbons (Fsp3) is 0.231. The number of halogens is 3. The van der Waals surface area contributed by atoms with Crippen molar-refractivity contribution in [1.29, 1.82) is 0 Å². The largest absolute Gasteiger partial charge is 0.466 e. The van der Waals surface area contributed by atoms with Crippen molar-refractivity contribution in [2.75, 3.05) is 12.8 Å². The fourth-order valence-corrected chi connectivity index (χ4v) is 2.04. The van der Waals surface area contributed by atoms with Gasteiger partial charge >= 0.3 is 12.1 Å². The number of nitrogen functional groups attached to an aromatic ring is 1. The average Bonchev–Trinajstić information content (AvgIpc) is 2.45. The van der Waals surface area contributed by atoms with Crippen LogP contribution in [0.15, 0.2) is 30.5 Å². The molecule has 0 bridgehead atoms. The Morgan fingerprint density at radius 3 is 2.57 bits per heavy atom. The molecule has 0 radical (unpaired) electrons. The summed E-state index contributed by atoms with van der Waals surface area (Å²) in [4.78, 5) is 15.4. The van der Waals surface area contributed by atoms with E-state index in [0.717, 1.165) is 19.2 Å². The van der Waals surface area contributed by atoms with E-state index in [1.165, 1.54) is 18.3 Å². The number of anilines is 1. The van der Waals surface area contributed by atoms with Crippen LogP contribution in [0.5, 0.6) is 0 Å². The number of hydrogen-bond donors (Lipinski definition) is 2. The van der Waals surface area contributed by atoms with Gasteiger partial charge in [-0.05, 0) is 12.1 Å². The van der Waals surface area contributed by atoms with E-state index < -0.39 is 23.3 Å². The number of esters is 1. The van der Waals surface area contributed by atoms with Crippen molar-refractivity contribution in [1.82, 2.24) is 4.98 Å². The summed E-state index contributed by atoms with van der Waals surface area (Å²) in [6, 6.07) is 4.74. The number of carbonyl (C=O) groups is 1. The minimum Gasteiger partial charge on any atom is -0.466 e. The first-order chi connectivity index (χ1) is 9.73. The van der Waals surface area contributed by atoms with Crippen LogP contribution in [-0.4, -0.2) is 29.3 Å². The first kappa shape index (κ1) is 15.0. The van der Waals surface area contributed by atoms with Gasteiger partial charge in [-0.25, -0.2) is 4.79 Å². The molecule has 0 saturated heterocycles. The highest BCUT2D eigenvalue weighted by atomic mass is 19.4. The number of aliphatic hydroxyl groups is 1. The molecule has 2 rings (SSSR count). The Morgan fingerprint density at radius 2 is 2.00 bits per heavy atom. The second-order valence-corrected chi connectivity index (χ2v) is 4.30. The fourth-order valence-electron chi connectivity index (χ4n) is 2.04. The van der Waals surface area contributed by atoms with Crippen molar-refractivity contribution in [3.63, 3.8) is 0 Å². The zero-order valence-electron chi connectivity index (χ0n) is 10.8. The number of nitrogens with two attached hydrogens (primary N) is 1. The van der Waals surface area contributed by atoms with E-state index >= 15 is 0 Å². The maximum absolute atomic E-state index is 13.3. The highest BCUT2D eigenvalue weighted by Gasteiger charge is 2.62.